The summed E-state index contributed by atoms with van der Waals surface area (Å²) in [6.45, 7) is 9.33. The van der Waals surface area contributed by atoms with Gasteiger partial charge in [0.05, 0.1) is 12.1 Å². The highest BCUT2D eigenvalue weighted by molar-refractivity contribution is 6.31. The molecular weight excluding hydrogens is 394 g/mol. The van der Waals surface area contributed by atoms with E-state index in [1.165, 1.54) is 25.7 Å². The molecule has 4 nitrogen and oxygen atoms in total. The lowest BCUT2D eigenvalue weighted by molar-refractivity contribution is 0.265. The normalized spacial score (nSPS) is 12.2. The van der Waals surface area contributed by atoms with Crippen molar-refractivity contribution in [1.29, 1.82) is 0 Å². The number of hydrogen-bond acceptors (Lipinski definition) is 4. The maximum Gasteiger partial charge on any atom is 0.141 e. The summed E-state index contributed by atoms with van der Waals surface area (Å²) in [5, 5.41) is 5.07. The standard InChI is InChI=1S/C25H32ClN3O/c1-5-7-8-19(6-2)11-12-30-24-15-23-21(13-18(24)4)25(28-16-27-23)29-20-10-9-17(3)22(26)14-20/h9-10,13-16,19H,5-8,11-12H2,1-4H3,(H,27,28,29). The molecule has 0 bridgehead atoms. The maximum atomic E-state index is 6.26. The summed E-state index contributed by atoms with van der Waals surface area (Å²) in [4.78, 5) is 8.90. The van der Waals surface area contributed by atoms with E-state index in [1.807, 2.05) is 31.2 Å². The van der Waals surface area contributed by atoms with Crippen LogP contribution >= 0.6 is 11.6 Å². The highest BCUT2D eigenvalue weighted by Gasteiger charge is 2.11. The van der Waals surface area contributed by atoms with Crippen molar-refractivity contribution in [2.45, 2.75) is 59.8 Å². The average molecular weight is 426 g/mol. The van der Waals surface area contributed by atoms with Gasteiger partial charge in [0.25, 0.3) is 0 Å². The first-order chi connectivity index (χ1) is 14.5. The lowest BCUT2D eigenvalue weighted by atomic mass is 9.96. The number of fused-ring (bicyclic) bond motifs is 1. The largest absolute Gasteiger partial charge is 0.493 e. The minimum absolute atomic E-state index is 0.731. The first-order valence-corrected chi connectivity index (χ1v) is 11.3. The Balaban J connectivity index is 1.75. The Morgan fingerprint density at radius 1 is 1.03 bits per heavy atom. The van der Waals surface area contributed by atoms with Gasteiger partial charge in [-0.1, -0.05) is 57.2 Å². The van der Waals surface area contributed by atoms with Gasteiger partial charge in [-0.05, 0) is 55.5 Å². The van der Waals surface area contributed by atoms with Crippen LogP contribution in [0.5, 0.6) is 5.75 Å². The molecule has 1 aromatic heterocycles. The molecule has 3 rings (SSSR count). The number of rotatable bonds is 10. The quantitative estimate of drug-likeness (QED) is 0.362. The Labute approximate surface area is 185 Å². The molecule has 0 aliphatic carbocycles. The molecular formula is C25H32ClN3O. The number of nitrogens with zero attached hydrogens (tertiary/aromatic N) is 2. The van der Waals surface area contributed by atoms with E-state index in [2.05, 4.69) is 42.1 Å². The fourth-order valence-corrected chi connectivity index (χ4v) is 3.82. The van der Waals surface area contributed by atoms with Crippen LogP contribution in [0.25, 0.3) is 10.9 Å². The van der Waals surface area contributed by atoms with Crippen LogP contribution < -0.4 is 10.1 Å². The van der Waals surface area contributed by atoms with Crippen LogP contribution in [0.4, 0.5) is 11.5 Å². The summed E-state index contributed by atoms with van der Waals surface area (Å²) < 4.78 is 6.15. The lowest BCUT2D eigenvalue weighted by Crippen LogP contribution is -2.07. The summed E-state index contributed by atoms with van der Waals surface area (Å²) in [5.41, 5.74) is 3.90. The van der Waals surface area contributed by atoms with Crippen molar-refractivity contribution in [3.05, 3.63) is 52.8 Å². The van der Waals surface area contributed by atoms with Gasteiger partial charge in [-0.25, -0.2) is 9.97 Å². The van der Waals surface area contributed by atoms with Crippen molar-refractivity contribution < 1.29 is 4.74 Å². The monoisotopic (exact) mass is 425 g/mol. The van der Waals surface area contributed by atoms with Crippen LogP contribution in [-0.2, 0) is 0 Å². The third kappa shape index (κ3) is 5.63. The third-order valence-electron chi connectivity index (χ3n) is 5.69. The summed E-state index contributed by atoms with van der Waals surface area (Å²) in [6, 6.07) is 10.0. The summed E-state index contributed by atoms with van der Waals surface area (Å²) in [6.07, 6.45) is 7.73. The highest BCUT2D eigenvalue weighted by Crippen LogP contribution is 2.30. The van der Waals surface area contributed by atoms with Gasteiger partial charge in [-0.15, -0.1) is 0 Å². The molecule has 0 fully saturated rings. The molecule has 30 heavy (non-hydrogen) atoms. The first-order valence-electron chi connectivity index (χ1n) is 10.9. The predicted molar refractivity (Wildman–Crippen MR) is 127 cm³/mol. The van der Waals surface area contributed by atoms with Gasteiger partial charge in [-0.2, -0.15) is 0 Å². The molecule has 0 aliphatic heterocycles. The van der Waals surface area contributed by atoms with Gasteiger partial charge in [0, 0.05) is 22.2 Å². The number of aromatic nitrogens is 2. The van der Waals surface area contributed by atoms with Crippen LogP contribution in [0, 0.1) is 19.8 Å². The van der Waals surface area contributed by atoms with Crippen molar-refractivity contribution in [2.75, 3.05) is 11.9 Å². The molecule has 160 valence electrons. The van der Waals surface area contributed by atoms with Gasteiger partial charge >= 0.3 is 0 Å². The SMILES string of the molecule is CCCCC(CC)CCOc1cc2ncnc(Nc3ccc(C)c(Cl)c3)c2cc1C. The molecule has 0 saturated carbocycles. The summed E-state index contributed by atoms with van der Waals surface area (Å²) >= 11 is 6.26. The summed E-state index contributed by atoms with van der Waals surface area (Å²) in [7, 11) is 0. The fourth-order valence-electron chi connectivity index (χ4n) is 3.64. The second-order valence-corrected chi connectivity index (χ2v) is 8.41. The van der Waals surface area contributed by atoms with Crippen molar-refractivity contribution in [3.8, 4) is 5.75 Å². The zero-order chi connectivity index (χ0) is 21.5. The number of ether oxygens (including phenoxy) is 1. The van der Waals surface area contributed by atoms with E-state index in [1.54, 1.807) is 6.33 Å². The van der Waals surface area contributed by atoms with Crippen LogP contribution in [0.15, 0.2) is 36.7 Å². The van der Waals surface area contributed by atoms with Crippen LogP contribution in [0.1, 0.15) is 57.1 Å². The van der Waals surface area contributed by atoms with E-state index < -0.39 is 0 Å². The molecule has 2 aromatic carbocycles. The predicted octanol–water partition coefficient (Wildman–Crippen LogP) is 7.63. The van der Waals surface area contributed by atoms with E-state index in [4.69, 9.17) is 16.3 Å². The van der Waals surface area contributed by atoms with Crippen LogP contribution in [-0.4, -0.2) is 16.6 Å². The number of halogens is 1. The molecule has 0 spiro atoms. The zero-order valence-electron chi connectivity index (χ0n) is 18.5. The molecule has 0 radical (unpaired) electrons. The van der Waals surface area contributed by atoms with Gasteiger partial charge in [0.2, 0.25) is 0 Å². The Kier molecular flexibility index (Phi) is 7.92. The number of benzene rings is 2. The first kappa shape index (κ1) is 22.4. The number of nitrogens with one attached hydrogen (secondary N) is 1. The number of aryl methyl sites for hydroxylation is 2. The van der Waals surface area contributed by atoms with E-state index in [-0.39, 0.29) is 0 Å². The topological polar surface area (TPSA) is 47.0 Å². The molecule has 1 heterocycles. The minimum Gasteiger partial charge on any atom is -0.493 e. The molecule has 1 unspecified atom stereocenters. The second kappa shape index (κ2) is 10.6. The fraction of sp³-hybridized carbons (Fsp3) is 0.440. The van der Waals surface area contributed by atoms with E-state index in [0.29, 0.717) is 0 Å². The molecule has 0 aliphatic rings. The molecule has 0 amide bonds. The highest BCUT2D eigenvalue weighted by atomic mass is 35.5. The minimum atomic E-state index is 0.731. The van der Waals surface area contributed by atoms with Crippen molar-refractivity contribution in [2.24, 2.45) is 5.92 Å². The van der Waals surface area contributed by atoms with Crippen LogP contribution in [0.3, 0.4) is 0 Å². The van der Waals surface area contributed by atoms with Crippen molar-refractivity contribution in [1.82, 2.24) is 9.97 Å². The Bertz CT molecular complexity index is 990. The Hall–Kier alpha value is -2.33. The van der Waals surface area contributed by atoms with Gasteiger partial charge in [-0.3, -0.25) is 0 Å². The molecule has 3 aromatic rings. The third-order valence-corrected chi connectivity index (χ3v) is 6.10. The molecule has 0 saturated heterocycles. The number of anilines is 2. The molecule has 1 atom stereocenters. The molecule has 5 heteroatoms. The van der Waals surface area contributed by atoms with E-state index in [9.17, 15) is 0 Å². The Morgan fingerprint density at radius 3 is 2.60 bits per heavy atom. The Morgan fingerprint density at radius 2 is 1.87 bits per heavy atom. The average Bonchev–Trinajstić information content (AvgIpc) is 2.74. The van der Waals surface area contributed by atoms with Gasteiger partial charge in [0.1, 0.15) is 17.9 Å². The maximum absolute atomic E-state index is 6.26. The zero-order valence-corrected chi connectivity index (χ0v) is 19.2. The summed E-state index contributed by atoms with van der Waals surface area (Å²) in [5.74, 6) is 2.40. The van der Waals surface area contributed by atoms with Gasteiger partial charge < -0.3 is 10.1 Å². The van der Waals surface area contributed by atoms with Crippen molar-refractivity contribution in [3.63, 3.8) is 0 Å². The van der Waals surface area contributed by atoms with Crippen molar-refractivity contribution >= 4 is 34.0 Å². The number of unbranched alkanes of at least 4 members (excludes halogenated alkanes) is 1. The van der Waals surface area contributed by atoms with E-state index in [0.717, 1.165) is 63.3 Å². The second-order valence-electron chi connectivity index (χ2n) is 8.00. The number of hydrogen-bond donors (Lipinski definition) is 1. The lowest BCUT2D eigenvalue weighted by Gasteiger charge is -2.16. The smallest absolute Gasteiger partial charge is 0.141 e. The van der Waals surface area contributed by atoms with Gasteiger partial charge in [0.15, 0.2) is 0 Å². The van der Waals surface area contributed by atoms with Crippen LogP contribution in [0.2, 0.25) is 5.02 Å². The molecule has 1 N–H and O–H groups in total. The van der Waals surface area contributed by atoms with E-state index >= 15 is 0 Å².